The number of likely N-dealkylation sites (N-methyl/N-ethyl adjacent to an activating group) is 1. The van der Waals surface area contributed by atoms with Crippen LogP contribution in [-0.2, 0) is 0 Å². The molecule has 1 aromatic rings. The molecule has 0 unspecified atom stereocenters. The van der Waals surface area contributed by atoms with Gasteiger partial charge in [0.1, 0.15) is 0 Å². The lowest BCUT2D eigenvalue weighted by molar-refractivity contribution is 0.0774. The van der Waals surface area contributed by atoms with Gasteiger partial charge in [0, 0.05) is 69.3 Å². The van der Waals surface area contributed by atoms with Gasteiger partial charge in [0.25, 0.3) is 0 Å². The Morgan fingerprint density at radius 1 is 0.885 bits per heavy atom. The second kappa shape index (κ2) is 7.84. The van der Waals surface area contributed by atoms with E-state index in [1.54, 1.807) is 0 Å². The summed E-state index contributed by atoms with van der Waals surface area (Å²) in [4.78, 5) is 21.6. The highest BCUT2D eigenvalue weighted by molar-refractivity contribution is 5.89. The molecule has 26 heavy (non-hydrogen) atoms. The van der Waals surface area contributed by atoms with Crippen LogP contribution in [0.1, 0.15) is 20.8 Å². The normalized spacial score (nSPS) is 20.3. The third kappa shape index (κ3) is 4.68. The SMILES string of the molecule is CN1CCN(c2ccc(NC(=O)N3CCN(C(C)(C)C)CC3)cc2)CC1. The predicted octanol–water partition coefficient (Wildman–Crippen LogP) is 2.39. The van der Waals surface area contributed by atoms with Crippen molar-refractivity contribution in [1.29, 1.82) is 0 Å². The third-order valence-corrected chi connectivity index (χ3v) is 5.50. The van der Waals surface area contributed by atoms with E-state index in [2.05, 4.69) is 60.0 Å². The maximum Gasteiger partial charge on any atom is 0.321 e. The molecule has 1 N–H and O–H groups in total. The molecule has 1 aromatic carbocycles. The zero-order valence-corrected chi connectivity index (χ0v) is 16.7. The molecule has 3 rings (SSSR count). The molecule has 2 heterocycles. The Balaban J connectivity index is 1.50. The van der Waals surface area contributed by atoms with Gasteiger partial charge >= 0.3 is 6.03 Å². The van der Waals surface area contributed by atoms with Gasteiger partial charge < -0.3 is 20.0 Å². The summed E-state index contributed by atoms with van der Waals surface area (Å²) in [6.45, 7) is 14.4. The molecule has 0 atom stereocenters. The number of benzene rings is 1. The number of nitrogens with one attached hydrogen (secondary N) is 1. The Morgan fingerprint density at radius 2 is 1.46 bits per heavy atom. The van der Waals surface area contributed by atoms with Gasteiger partial charge in [0.2, 0.25) is 0 Å². The predicted molar refractivity (Wildman–Crippen MR) is 108 cm³/mol. The van der Waals surface area contributed by atoms with E-state index in [-0.39, 0.29) is 11.6 Å². The quantitative estimate of drug-likeness (QED) is 0.880. The monoisotopic (exact) mass is 359 g/mol. The van der Waals surface area contributed by atoms with Gasteiger partial charge in [-0.05, 0) is 52.1 Å². The maximum absolute atomic E-state index is 12.5. The van der Waals surface area contributed by atoms with Crippen molar-refractivity contribution in [3.05, 3.63) is 24.3 Å². The van der Waals surface area contributed by atoms with E-state index in [0.29, 0.717) is 0 Å². The summed E-state index contributed by atoms with van der Waals surface area (Å²) in [5, 5.41) is 3.04. The number of piperazine rings is 2. The van der Waals surface area contributed by atoms with E-state index in [1.165, 1.54) is 5.69 Å². The molecule has 6 heteroatoms. The molecule has 0 saturated carbocycles. The topological polar surface area (TPSA) is 42.1 Å². The van der Waals surface area contributed by atoms with Crippen molar-refractivity contribution < 1.29 is 4.79 Å². The summed E-state index contributed by atoms with van der Waals surface area (Å²) in [6.07, 6.45) is 0. The van der Waals surface area contributed by atoms with Crippen LogP contribution in [-0.4, -0.2) is 85.7 Å². The van der Waals surface area contributed by atoms with Crippen molar-refractivity contribution in [1.82, 2.24) is 14.7 Å². The number of hydrogen-bond acceptors (Lipinski definition) is 4. The molecule has 0 radical (unpaired) electrons. The van der Waals surface area contributed by atoms with Crippen LogP contribution >= 0.6 is 0 Å². The molecule has 6 nitrogen and oxygen atoms in total. The van der Waals surface area contributed by atoms with Crippen molar-refractivity contribution in [3.63, 3.8) is 0 Å². The summed E-state index contributed by atoms with van der Waals surface area (Å²) in [6, 6.07) is 8.25. The lowest BCUT2D eigenvalue weighted by atomic mass is 10.1. The number of amides is 2. The highest BCUT2D eigenvalue weighted by atomic mass is 16.2. The highest BCUT2D eigenvalue weighted by Gasteiger charge is 2.27. The molecule has 0 aromatic heterocycles. The van der Waals surface area contributed by atoms with Gasteiger partial charge in [-0.25, -0.2) is 4.79 Å². The summed E-state index contributed by atoms with van der Waals surface area (Å²) >= 11 is 0. The largest absolute Gasteiger partial charge is 0.369 e. The number of carbonyl (C=O) groups is 1. The molecule has 2 amide bonds. The number of carbonyl (C=O) groups excluding carboxylic acids is 1. The summed E-state index contributed by atoms with van der Waals surface area (Å²) in [5.74, 6) is 0. The third-order valence-electron chi connectivity index (χ3n) is 5.50. The van der Waals surface area contributed by atoms with E-state index < -0.39 is 0 Å². The molecular formula is C20H33N5O. The van der Waals surface area contributed by atoms with E-state index in [0.717, 1.165) is 58.0 Å². The van der Waals surface area contributed by atoms with Crippen LogP contribution < -0.4 is 10.2 Å². The second-order valence-corrected chi connectivity index (χ2v) is 8.41. The fraction of sp³-hybridized carbons (Fsp3) is 0.650. The van der Waals surface area contributed by atoms with Crippen LogP contribution in [0.3, 0.4) is 0 Å². The molecule has 2 saturated heterocycles. The molecule has 0 bridgehead atoms. The molecule has 144 valence electrons. The Labute approximate surface area is 157 Å². The van der Waals surface area contributed by atoms with Gasteiger partial charge in [-0.1, -0.05) is 0 Å². The van der Waals surface area contributed by atoms with Gasteiger partial charge in [0.05, 0.1) is 0 Å². The van der Waals surface area contributed by atoms with Crippen molar-refractivity contribution in [2.45, 2.75) is 26.3 Å². The van der Waals surface area contributed by atoms with E-state index >= 15 is 0 Å². The first kappa shape index (κ1) is 19.0. The average Bonchev–Trinajstić information content (AvgIpc) is 2.62. The Kier molecular flexibility index (Phi) is 5.73. The first-order valence-electron chi connectivity index (χ1n) is 9.67. The van der Waals surface area contributed by atoms with Crippen molar-refractivity contribution in [2.24, 2.45) is 0 Å². The van der Waals surface area contributed by atoms with Crippen LogP contribution in [0.4, 0.5) is 16.2 Å². The minimum atomic E-state index is 0.00547. The molecule has 0 spiro atoms. The van der Waals surface area contributed by atoms with Crippen LogP contribution in [0.5, 0.6) is 0 Å². The lowest BCUT2D eigenvalue weighted by Gasteiger charge is -2.42. The van der Waals surface area contributed by atoms with Crippen LogP contribution in [0, 0.1) is 0 Å². The molecule has 2 fully saturated rings. The zero-order valence-electron chi connectivity index (χ0n) is 16.7. The van der Waals surface area contributed by atoms with Crippen LogP contribution in [0.25, 0.3) is 0 Å². The molecule has 2 aliphatic rings. The van der Waals surface area contributed by atoms with Crippen molar-refractivity contribution in [3.8, 4) is 0 Å². The van der Waals surface area contributed by atoms with Crippen molar-refractivity contribution in [2.75, 3.05) is 69.6 Å². The molecule has 2 aliphatic heterocycles. The Morgan fingerprint density at radius 3 is 2.00 bits per heavy atom. The fourth-order valence-electron chi connectivity index (χ4n) is 3.60. The number of urea groups is 1. The van der Waals surface area contributed by atoms with E-state index in [1.807, 2.05) is 17.0 Å². The Bertz CT molecular complexity index is 594. The van der Waals surface area contributed by atoms with Crippen LogP contribution in [0.2, 0.25) is 0 Å². The smallest absolute Gasteiger partial charge is 0.321 e. The fourth-order valence-corrected chi connectivity index (χ4v) is 3.60. The first-order chi connectivity index (χ1) is 12.3. The van der Waals surface area contributed by atoms with Gasteiger partial charge in [-0.15, -0.1) is 0 Å². The Hall–Kier alpha value is -1.79. The number of nitrogens with zero attached hydrogens (tertiary/aromatic N) is 4. The molecule has 0 aliphatic carbocycles. The van der Waals surface area contributed by atoms with E-state index in [9.17, 15) is 4.79 Å². The summed E-state index contributed by atoms with van der Waals surface area (Å²) in [5.41, 5.74) is 2.27. The number of hydrogen-bond donors (Lipinski definition) is 1. The second-order valence-electron chi connectivity index (χ2n) is 8.41. The minimum Gasteiger partial charge on any atom is -0.369 e. The summed E-state index contributed by atoms with van der Waals surface area (Å²) < 4.78 is 0. The minimum absolute atomic E-state index is 0.00547. The summed E-state index contributed by atoms with van der Waals surface area (Å²) in [7, 11) is 2.16. The number of rotatable bonds is 2. The standard InChI is InChI=1S/C20H33N5O/c1-20(2,3)25-15-13-24(14-16-25)19(26)21-17-5-7-18(8-6-17)23-11-9-22(4)10-12-23/h5-8H,9-16H2,1-4H3,(H,21,26). The van der Waals surface area contributed by atoms with Gasteiger partial charge in [0.15, 0.2) is 0 Å². The molecular weight excluding hydrogens is 326 g/mol. The number of anilines is 2. The highest BCUT2D eigenvalue weighted by Crippen LogP contribution is 2.20. The zero-order chi connectivity index (χ0) is 18.7. The van der Waals surface area contributed by atoms with Crippen LogP contribution in [0.15, 0.2) is 24.3 Å². The maximum atomic E-state index is 12.5. The van der Waals surface area contributed by atoms with Gasteiger partial charge in [-0.3, -0.25) is 4.90 Å². The van der Waals surface area contributed by atoms with Gasteiger partial charge in [-0.2, -0.15) is 0 Å². The van der Waals surface area contributed by atoms with Crippen molar-refractivity contribution >= 4 is 17.4 Å². The average molecular weight is 360 g/mol. The first-order valence-corrected chi connectivity index (χ1v) is 9.67. The lowest BCUT2D eigenvalue weighted by Crippen LogP contribution is -2.55. The van der Waals surface area contributed by atoms with E-state index in [4.69, 9.17) is 0 Å².